The van der Waals surface area contributed by atoms with Gasteiger partial charge in [-0.2, -0.15) is 5.10 Å². The second kappa shape index (κ2) is 7.33. The summed E-state index contributed by atoms with van der Waals surface area (Å²) in [6.07, 6.45) is 1.69. The van der Waals surface area contributed by atoms with Gasteiger partial charge in [0, 0.05) is 13.2 Å². The maximum Gasteiger partial charge on any atom is 0.352 e. The Morgan fingerprint density at radius 3 is 2.34 bits per heavy atom. The van der Waals surface area contributed by atoms with Gasteiger partial charge >= 0.3 is 5.69 Å². The molecule has 0 spiro atoms. The number of aromatic nitrogens is 6. The molecular formula is C24H24N6O2. The van der Waals surface area contributed by atoms with Crippen LogP contribution in [0, 0.1) is 20.8 Å². The van der Waals surface area contributed by atoms with Gasteiger partial charge in [0.15, 0.2) is 5.52 Å². The molecule has 0 atom stereocenters. The molecule has 8 nitrogen and oxygen atoms in total. The molecule has 162 valence electrons. The lowest BCUT2D eigenvalue weighted by atomic mass is 10.1. The number of aryl methyl sites for hydroxylation is 4. The summed E-state index contributed by atoms with van der Waals surface area (Å²) in [5, 5.41) is 8.93. The van der Waals surface area contributed by atoms with Crippen LogP contribution in [-0.4, -0.2) is 28.5 Å². The predicted octanol–water partition coefficient (Wildman–Crippen LogP) is 2.57. The molecule has 0 aliphatic heterocycles. The molecule has 0 N–H and O–H groups in total. The fourth-order valence-electron chi connectivity index (χ4n) is 4.05. The van der Waals surface area contributed by atoms with Crippen molar-refractivity contribution in [3.8, 4) is 0 Å². The van der Waals surface area contributed by atoms with Crippen LogP contribution in [0.4, 0.5) is 0 Å². The summed E-state index contributed by atoms with van der Waals surface area (Å²) in [6.45, 7) is 6.68. The second-order valence-electron chi connectivity index (χ2n) is 8.42. The second-order valence-corrected chi connectivity index (χ2v) is 8.42. The molecular weight excluding hydrogens is 404 g/mol. The van der Waals surface area contributed by atoms with E-state index in [1.807, 2.05) is 57.2 Å². The van der Waals surface area contributed by atoms with Crippen molar-refractivity contribution in [1.82, 2.24) is 28.5 Å². The Hall–Kier alpha value is -3.94. The molecule has 0 radical (unpaired) electrons. The molecule has 5 aromatic rings. The SMILES string of the molecule is Cc1ccc(Cn2c(=O)c3nn(C)cc3n3c(=O)n(Cc4cc(C)ccc4C)nc23)cc1. The summed E-state index contributed by atoms with van der Waals surface area (Å²) in [4.78, 5) is 26.8. The lowest BCUT2D eigenvalue weighted by Gasteiger charge is -2.08. The number of fused-ring (bicyclic) bond motifs is 3. The Balaban J connectivity index is 1.75. The molecule has 8 heteroatoms. The van der Waals surface area contributed by atoms with E-state index in [0.29, 0.717) is 24.4 Å². The van der Waals surface area contributed by atoms with Crippen LogP contribution in [0.2, 0.25) is 0 Å². The molecule has 2 aromatic carbocycles. The number of benzene rings is 2. The fraction of sp³-hybridized carbons (Fsp3) is 0.250. The summed E-state index contributed by atoms with van der Waals surface area (Å²) in [5.74, 6) is 0.311. The fourth-order valence-corrected chi connectivity index (χ4v) is 4.05. The molecule has 3 aromatic heterocycles. The molecule has 5 rings (SSSR count). The van der Waals surface area contributed by atoms with Crippen LogP contribution in [0.25, 0.3) is 16.8 Å². The first-order chi connectivity index (χ1) is 15.3. The van der Waals surface area contributed by atoms with E-state index in [-0.39, 0.29) is 16.8 Å². The van der Waals surface area contributed by atoms with E-state index in [4.69, 9.17) is 0 Å². The molecule has 0 bridgehead atoms. The summed E-state index contributed by atoms with van der Waals surface area (Å²) >= 11 is 0. The smallest absolute Gasteiger partial charge is 0.273 e. The molecule has 0 saturated heterocycles. The number of hydrogen-bond donors (Lipinski definition) is 0. The highest BCUT2D eigenvalue weighted by molar-refractivity contribution is 5.75. The number of nitrogens with zero attached hydrogens (tertiary/aromatic N) is 6. The third kappa shape index (κ3) is 3.24. The topological polar surface area (TPSA) is 79.1 Å². The van der Waals surface area contributed by atoms with Crippen LogP contribution in [0.3, 0.4) is 0 Å². The molecule has 0 saturated carbocycles. The van der Waals surface area contributed by atoms with Crippen LogP contribution in [0.1, 0.15) is 27.8 Å². The van der Waals surface area contributed by atoms with E-state index in [1.54, 1.807) is 17.9 Å². The monoisotopic (exact) mass is 428 g/mol. The van der Waals surface area contributed by atoms with Crippen molar-refractivity contribution in [2.75, 3.05) is 0 Å². The molecule has 0 fully saturated rings. The van der Waals surface area contributed by atoms with Crippen LogP contribution in [0.15, 0.2) is 58.3 Å². The third-order valence-electron chi connectivity index (χ3n) is 5.85. The van der Waals surface area contributed by atoms with Crippen LogP contribution in [0.5, 0.6) is 0 Å². The highest BCUT2D eigenvalue weighted by Gasteiger charge is 2.20. The standard InChI is InChI=1S/C24H24N6O2/c1-15-6-9-18(10-7-15)12-28-22(31)21-20(14-27(4)25-21)30-23(28)26-29(24(30)32)13-19-11-16(2)5-8-17(19)3/h5-11,14H,12-13H2,1-4H3. The maximum absolute atomic E-state index is 13.4. The van der Waals surface area contributed by atoms with Crippen LogP contribution < -0.4 is 11.2 Å². The van der Waals surface area contributed by atoms with Gasteiger partial charge in [-0.05, 0) is 37.5 Å². The number of rotatable bonds is 4. The van der Waals surface area contributed by atoms with E-state index in [1.165, 1.54) is 13.6 Å². The van der Waals surface area contributed by atoms with Crippen molar-refractivity contribution in [2.45, 2.75) is 33.9 Å². The zero-order valence-corrected chi connectivity index (χ0v) is 18.5. The van der Waals surface area contributed by atoms with Crippen molar-refractivity contribution in [3.63, 3.8) is 0 Å². The molecule has 0 aliphatic rings. The van der Waals surface area contributed by atoms with E-state index in [0.717, 1.165) is 27.8 Å². The lowest BCUT2D eigenvalue weighted by Crippen LogP contribution is -2.26. The largest absolute Gasteiger partial charge is 0.352 e. The van der Waals surface area contributed by atoms with Gasteiger partial charge in [0.2, 0.25) is 5.78 Å². The zero-order chi connectivity index (χ0) is 22.6. The Labute approximate surface area is 184 Å². The van der Waals surface area contributed by atoms with Crippen molar-refractivity contribution in [2.24, 2.45) is 7.05 Å². The van der Waals surface area contributed by atoms with Gasteiger partial charge in [-0.25, -0.2) is 13.9 Å². The number of hydrogen-bond acceptors (Lipinski definition) is 4. The molecule has 0 unspecified atom stereocenters. The summed E-state index contributed by atoms with van der Waals surface area (Å²) < 4.78 is 5.99. The highest BCUT2D eigenvalue weighted by atomic mass is 16.2. The van der Waals surface area contributed by atoms with Crippen molar-refractivity contribution in [3.05, 3.63) is 97.3 Å². The summed E-state index contributed by atoms with van der Waals surface area (Å²) in [6, 6.07) is 14.1. The Bertz CT molecular complexity index is 1600. The predicted molar refractivity (Wildman–Crippen MR) is 123 cm³/mol. The lowest BCUT2D eigenvalue weighted by molar-refractivity contribution is 0.651. The maximum atomic E-state index is 13.4. The van der Waals surface area contributed by atoms with Gasteiger partial charge < -0.3 is 0 Å². The minimum absolute atomic E-state index is 0.250. The van der Waals surface area contributed by atoms with Gasteiger partial charge in [-0.1, -0.05) is 53.6 Å². The third-order valence-corrected chi connectivity index (χ3v) is 5.85. The first-order valence-corrected chi connectivity index (χ1v) is 10.5. The first-order valence-electron chi connectivity index (χ1n) is 10.5. The molecule has 32 heavy (non-hydrogen) atoms. The van der Waals surface area contributed by atoms with Gasteiger partial charge in [0.1, 0.15) is 5.52 Å². The van der Waals surface area contributed by atoms with Crippen molar-refractivity contribution in [1.29, 1.82) is 0 Å². The van der Waals surface area contributed by atoms with Gasteiger partial charge in [-0.15, -0.1) is 5.10 Å². The van der Waals surface area contributed by atoms with E-state index < -0.39 is 0 Å². The van der Waals surface area contributed by atoms with Crippen LogP contribution in [-0.2, 0) is 20.1 Å². The van der Waals surface area contributed by atoms with E-state index in [9.17, 15) is 9.59 Å². The minimum Gasteiger partial charge on any atom is -0.273 e. The van der Waals surface area contributed by atoms with Gasteiger partial charge in [0.05, 0.1) is 13.1 Å². The quantitative estimate of drug-likeness (QED) is 0.441. The Morgan fingerprint density at radius 2 is 1.59 bits per heavy atom. The molecule has 0 aliphatic carbocycles. The van der Waals surface area contributed by atoms with E-state index >= 15 is 0 Å². The minimum atomic E-state index is -0.295. The summed E-state index contributed by atoms with van der Waals surface area (Å²) in [7, 11) is 1.74. The Morgan fingerprint density at radius 1 is 0.875 bits per heavy atom. The highest BCUT2D eigenvalue weighted by Crippen LogP contribution is 2.14. The first kappa shape index (κ1) is 20.0. The molecule has 0 amide bonds. The zero-order valence-electron chi connectivity index (χ0n) is 18.5. The Kier molecular flexibility index (Phi) is 4.58. The van der Waals surface area contributed by atoms with Gasteiger partial charge in [0.25, 0.3) is 5.56 Å². The van der Waals surface area contributed by atoms with E-state index in [2.05, 4.69) is 16.3 Å². The van der Waals surface area contributed by atoms with Crippen LogP contribution >= 0.6 is 0 Å². The van der Waals surface area contributed by atoms with Crippen molar-refractivity contribution >= 4 is 16.8 Å². The molecule has 3 heterocycles. The average Bonchev–Trinajstić information content (AvgIpc) is 3.29. The average molecular weight is 428 g/mol. The normalized spacial score (nSPS) is 11.6. The van der Waals surface area contributed by atoms with Gasteiger partial charge in [-0.3, -0.25) is 14.0 Å². The van der Waals surface area contributed by atoms with Crippen molar-refractivity contribution < 1.29 is 0 Å². The summed E-state index contributed by atoms with van der Waals surface area (Å²) in [5.41, 5.74) is 5.47.